The van der Waals surface area contributed by atoms with Crippen LogP contribution in [0.5, 0.6) is 0 Å². The molecule has 0 saturated heterocycles. The highest BCUT2D eigenvalue weighted by Gasteiger charge is 2.19. The first-order valence-electron chi connectivity index (χ1n) is 31.8. The average Bonchev–Trinajstić information content (AvgIpc) is 3.39. The minimum absolute atomic E-state index is 0.0877. The first-order valence-corrected chi connectivity index (χ1v) is 31.8. The first kappa shape index (κ1) is 70.1. The second-order valence-corrected chi connectivity index (χ2v) is 21.3. The molecule has 0 spiro atoms. The summed E-state index contributed by atoms with van der Waals surface area (Å²) in [5.41, 5.74) is 0. The molecule has 0 aliphatic carbocycles. The Kier molecular flexibility index (Phi) is 59.2. The van der Waals surface area contributed by atoms with Crippen molar-refractivity contribution in [2.45, 2.75) is 335 Å². The van der Waals surface area contributed by atoms with E-state index < -0.39 is 6.10 Å². The highest BCUT2D eigenvalue weighted by molar-refractivity contribution is 5.71. The molecule has 0 amide bonds. The molecule has 6 nitrogen and oxygen atoms in total. The van der Waals surface area contributed by atoms with Gasteiger partial charge in [-0.05, 0) is 83.5 Å². The zero-order chi connectivity index (χ0) is 52.9. The van der Waals surface area contributed by atoms with Gasteiger partial charge in [-0.3, -0.25) is 14.4 Å². The molecule has 1 atom stereocenters. The van der Waals surface area contributed by atoms with Crippen LogP contribution in [0.15, 0.2) is 60.8 Å². The maximum atomic E-state index is 12.8. The zero-order valence-corrected chi connectivity index (χ0v) is 48.7. The van der Waals surface area contributed by atoms with Gasteiger partial charge in [0.05, 0.1) is 0 Å². The molecule has 424 valence electrons. The predicted molar refractivity (Wildman–Crippen MR) is 316 cm³/mol. The summed E-state index contributed by atoms with van der Waals surface area (Å²) in [4.78, 5) is 37.9. The molecule has 0 rings (SSSR count). The molecule has 0 N–H and O–H groups in total. The molecule has 0 radical (unpaired) electrons. The van der Waals surface area contributed by atoms with Gasteiger partial charge in [0.15, 0.2) is 6.10 Å². The van der Waals surface area contributed by atoms with Crippen LogP contribution in [0.1, 0.15) is 329 Å². The summed E-state index contributed by atoms with van der Waals surface area (Å²) in [6.45, 7) is 6.48. The molecule has 0 bridgehead atoms. The Balaban J connectivity index is 3.98. The van der Waals surface area contributed by atoms with Crippen molar-refractivity contribution in [1.82, 2.24) is 0 Å². The summed E-state index contributed by atoms with van der Waals surface area (Å²) in [7, 11) is 0. The largest absolute Gasteiger partial charge is 0.462 e. The summed E-state index contributed by atoms with van der Waals surface area (Å²) < 4.78 is 16.8. The van der Waals surface area contributed by atoms with Crippen molar-refractivity contribution >= 4 is 17.9 Å². The minimum Gasteiger partial charge on any atom is -0.462 e. The van der Waals surface area contributed by atoms with Gasteiger partial charge in [-0.15, -0.1) is 0 Å². The maximum absolute atomic E-state index is 12.8. The fraction of sp³-hybridized carbons (Fsp3) is 0.806. The molecule has 6 heteroatoms. The second kappa shape index (κ2) is 61.7. The summed E-state index contributed by atoms with van der Waals surface area (Å²) in [5.74, 6) is -0.925. The van der Waals surface area contributed by atoms with Gasteiger partial charge in [0.1, 0.15) is 13.2 Å². The number of hydrogen-bond donors (Lipinski definition) is 0. The van der Waals surface area contributed by atoms with Crippen LogP contribution in [0.2, 0.25) is 0 Å². The summed E-state index contributed by atoms with van der Waals surface area (Å²) in [6.07, 6.45) is 78.6. The van der Waals surface area contributed by atoms with Crippen LogP contribution >= 0.6 is 0 Å². The lowest BCUT2D eigenvalue weighted by atomic mass is 10.0. The third kappa shape index (κ3) is 59.9. The SMILES string of the molecule is CC/C=C\C/C=C\C/C=C\C/C=C\CCCCC(=O)OC(COC(=O)CCCCCCCCC)COC(=O)CCCCCCCCCCCCCCCCCCCCCCC/C=C\CCCCCCCCCC. The van der Waals surface area contributed by atoms with E-state index in [1.807, 2.05) is 0 Å². The van der Waals surface area contributed by atoms with Gasteiger partial charge in [-0.2, -0.15) is 0 Å². The predicted octanol–water partition coefficient (Wildman–Crippen LogP) is 21.6. The van der Waals surface area contributed by atoms with E-state index in [1.54, 1.807) is 0 Å². The van der Waals surface area contributed by atoms with Crippen molar-refractivity contribution in [2.24, 2.45) is 0 Å². The van der Waals surface area contributed by atoms with Crippen molar-refractivity contribution < 1.29 is 28.6 Å². The molecular formula is C67H120O6. The van der Waals surface area contributed by atoms with E-state index in [9.17, 15) is 14.4 Å². The van der Waals surface area contributed by atoms with E-state index >= 15 is 0 Å². The molecule has 0 aromatic rings. The van der Waals surface area contributed by atoms with Crippen LogP contribution < -0.4 is 0 Å². The number of hydrogen-bond acceptors (Lipinski definition) is 6. The Hall–Kier alpha value is -2.89. The molecule has 0 aliphatic rings. The van der Waals surface area contributed by atoms with E-state index in [0.29, 0.717) is 19.3 Å². The molecule has 0 aromatic carbocycles. The van der Waals surface area contributed by atoms with Crippen LogP contribution in [0, 0.1) is 0 Å². The van der Waals surface area contributed by atoms with Crippen molar-refractivity contribution in [3.63, 3.8) is 0 Å². The average molecular weight is 1020 g/mol. The van der Waals surface area contributed by atoms with Crippen LogP contribution in [0.3, 0.4) is 0 Å². The van der Waals surface area contributed by atoms with Gasteiger partial charge in [0, 0.05) is 19.3 Å². The Bertz CT molecular complexity index is 1310. The van der Waals surface area contributed by atoms with Gasteiger partial charge in [0.25, 0.3) is 0 Å². The molecule has 0 saturated carbocycles. The van der Waals surface area contributed by atoms with Gasteiger partial charge in [-0.1, -0.05) is 287 Å². The molecule has 0 fully saturated rings. The Morgan fingerprint density at radius 2 is 0.534 bits per heavy atom. The third-order valence-electron chi connectivity index (χ3n) is 14.0. The van der Waals surface area contributed by atoms with Crippen LogP contribution in [-0.2, 0) is 28.6 Å². The van der Waals surface area contributed by atoms with Crippen molar-refractivity contribution in [1.29, 1.82) is 0 Å². The number of esters is 3. The number of allylic oxidation sites excluding steroid dienone is 10. The lowest BCUT2D eigenvalue weighted by molar-refractivity contribution is -0.167. The number of ether oxygens (including phenoxy) is 3. The zero-order valence-electron chi connectivity index (χ0n) is 48.7. The smallest absolute Gasteiger partial charge is 0.306 e. The summed E-state index contributed by atoms with van der Waals surface area (Å²) in [6, 6.07) is 0. The van der Waals surface area contributed by atoms with Gasteiger partial charge in [0.2, 0.25) is 0 Å². The van der Waals surface area contributed by atoms with Crippen LogP contribution in [-0.4, -0.2) is 37.2 Å². The van der Waals surface area contributed by atoms with Crippen molar-refractivity contribution in [2.75, 3.05) is 13.2 Å². The van der Waals surface area contributed by atoms with E-state index in [-0.39, 0.29) is 37.5 Å². The number of rotatable bonds is 58. The molecule has 73 heavy (non-hydrogen) atoms. The maximum Gasteiger partial charge on any atom is 0.306 e. The van der Waals surface area contributed by atoms with Gasteiger partial charge in [-0.25, -0.2) is 0 Å². The van der Waals surface area contributed by atoms with Gasteiger partial charge < -0.3 is 14.2 Å². The second-order valence-electron chi connectivity index (χ2n) is 21.3. The molecule has 0 heterocycles. The van der Waals surface area contributed by atoms with E-state index in [4.69, 9.17) is 14.2 Å². The van der Waals surface area contributed by atoms with Crippen molar-refractivity contribution in [3.8, 4) is 0 Å². The number of carbonyl (C=O) groups excluding carboxylic acids is 3. The Morgan fingerprint density at radius 1 is 0.288 bits per heavy atom. The summed E-state index contributed by atoms with van der Waals surface area (Å²) in [5, 5.41) is 0. The Labute approximate surface area is 453 Å². The fourth-order valence-corrected chi connectivity index (χ4v) is 9.25. The lowest BCUT2D eigenvalue weighted by Crippen LogP contribution is -2.30. The van der Waals surface area contributed by atoms with E-state index in [0.717, 1.165) is 77.0 Å². The van der Waals surface area contributed by atoms with Crippen molar-refractivity contribution in [3.05, 3.63) is 60.8 Å². The Morgan fingerprint density at radius 3 is 0.877 bits per heavy atom. The normalized spacial score (nSPS) is 12.4. The van der Waals surface area contributed by atoms with Crippen LogP contribution in [0.25, 0.3) is 0 Å². The van der Waals surface area contributed by atoms with E-state index in [2.05, 4.69) is 81.5 Å². The highest BCUT2D eigenvalue weighted by atomic mass is 16.6. The number of unbranched alkanes of at least 4 members (excludes halogenated alkanes) is 37. The van der Waals surface area contributed by atoms with E-state index in [1.165, 1.54) is 205 Å². The number of carbonyl (C=O) groups is 3. The quantitative estimate of drug-likeness (QED) is 0.0261. The molecule has 1 unspecified atom stereocenters. The highest BCUT2D eigenvalue weighted by Crippen LogP contribution is 2.17. The lowest BCUT2D eigenvalue weighted by Gasteiger charge is -2.18. The topological polar surface area (TPSA) is 78.9 Å². The fourth-order valence-electron chi connectivity index (χ4n) is 9.25. The third-order valence-corrected chi connectivity index (χ3v) is 14.0. The first-order chi connectivity index (χ1) is 36.0. The monoisotopic (exact) mass is 1020 g/mol. The van der Waals surface area contributed by atoms with Crippen LogP contribution in [0.4, 0.5) is 0 Å². The standard InChI is InChI=1S/C67H120O6/c1-4-7-10-13-16-18-20-22-24-25-26-27-28-29-30-31-32-33-34-35-36-37-38-39-40-41-43-44-46-48-51-54-57-60-66(69)72-63-64(62-71-65(68)59-56-53-50-15-12-9-6-3)73-67(70)61-58-55-52-49-47-45-42-23-21-19-17-14-11-8-5-2/h8,11,17,19,23,25-26,42,47,49,64H,4-7,9-10,12-16,18,20-22,24,27-41,43-46,48,50-63H2,1-3H3/b11-8-,19-17-,26-25-,42-23-,49-47-. The molecule has 0 aliphatic heterocycles. The molecular weight excluding hydrogens is 901 g/mol. The summed E-state index contributed by atoms with van der Waals surface area (Å²) >= 11 is 0. The van der Waals surface area contributed by atoms with Gasteiger partial charge >= 0.3 is 17.9 Å². The minimum atomic E-state index is -0.791. The molecule has 0 aromatic heterocycles.